The van der Waals surface area contributed by atoms with Crippen LogP contribution in [0.1, 0.15) is 50.2 Å². The number of ether oxygens (including phenoxy) is 1. The smallest absolute Gasteiger partial charge is 0.245 e. The molecule has 1 aromatic heterocycles. The molecule has 2 fully saturated rings. The summed E-state index contributed by atoms with van der Waals surface area (Å²) in [4.78, 5) is 18.1. The first kappa shape index (κ1) is 16.2. The van der Waals surface area contributed by atoms with Gasteiger partial charge >= 0.3 is 0 Å². The van der Waals surface area contributed by atoms with Gasteiger partial charge in [0.1, 0.15) is 5.60 Å². The summed E-state index contributed by atoms with van der Waals surface area (Å²) in [5.41, 5.74) is -0.346. The number of piperidine rings is 1. The standard InChI is InChI=1S/C17H25N3O3/c1-3-15(21)20-10-6-13(7-11-20)12-14-18-16(19-23-14)17(22-2)8-4-5-9-17/h3,13H,1,4-12H2,2H3. The summed E-state index contributed by atoms with van der Waals surface area (Å²) in [7, 11) is 1.73. The Morgan fingerprint density at radius 3 is 2.74 bits per heavy atom. The quantitative estimate of drug-likeness (QED) is 0.780. The first-order valence-corrected chi connectivity index (χ1v) is 8.46. The summed E-state index contributed by atoms with van der Waals surface area (Å²) >= 11 is 0. The van der Waals surface area contributed by atoms with Gasteiger partial charge in [-0.05, 0) is 50.5 Å². The highest BCUT2D eigenvalue weighted by atomic mass is 16.5. The van der Waals surface area contributed by atoms with Gasteiger partial charge in [0.2, 0.25) is 17.6 Å². The maximum atomic E-state index is 11.6. The van der Waals surface area contributed by atoms with Crippen molar-refractivity contribution in [2.24, 2.45) is 5.92 Å². The monoisotopic (exact) mass is 319 g/mol. The van der Waals surface area contributed by atoms with Crippen LogP contribution in [0.5, 0.6) is 0 Å². The third-order valence-corrected chi connectivity index (χ3v) is 5.24. The van der Waals surface area contributed by atoms with Gasteiger partial charge in [-0.15, -0.1) is 0 Å². The van der Waals surface area contributed by atoms with Crippen LogP contribution < -0.4 is 0 Å². The molecule has 3 rings (SSSR count). The van der Waals surface area contributed by atoms with Crippen molar-refractivity contribution < 1.29 is 14.1 Å². The Kier molecular flexibility index (Phi) is 4.80. The molecule has 1 aliphatic heterocycles. The highest BCUT2D eigenvalue weighted by molar-refractivity contribution is 5.87. The number of amides is 1. The van der Waals surface area contributed by atoms with Crippen molar-refractivity contribution in [1.82, 2.24) is 15.0 Å². The lowest BCUT2D eigenvalue weighted by Gasteiger charge is -2.30. The van der Waals surface area contributed by atoms with Crippen molar-refractivity contribution in [2.45, 2.75) is 50.5 Å². The summed E-state index contributed by atoms with van der Waals surface area (Å²) < 4.78 is 11.2. The molecular formula is C17H25N3O3. The number of rotatable bonds is 5. The number of methoxy groups -OCH3 is 1. The molecule has 0 radical (unpaired) electrons. The minimum atomic E-state index is -0.346. The van der Waals surface area contributed by atoms with Gasteiger partial charge in [-0.3, -0.25) is 4.79 Å². The molecule has 6 heteroatoms. The Morgan fingerprint density at radius 2 is 2.13 bits per heavy atom. The van der Waals surface area contributed by atoms with Gasteiger partial charge in [0.15, 0.2) is 0 Å². The molecule has 0 aromatic carbocycles. The van der Waals surface area contributed by atoms with Gasteiger partial charge in [0, 0.05) is 26.6 Å². The van der Waals surface area contributed by atoms with E-state index in [2.05, 4.69) is 16.7 Å². The zero-order chi connectivity index (χ0) is 16.3. The number of nitrogens with zero attached hydrogens (tertiary/aromatic N) is 3. The Bertz CT molecular complexity index is 555. The summed E-state index contributed by atoms with van der Waals surface area (Å²) in [6.45, 7) is 5.09. The molecule has 2 aliphatic rings. The molecule has 0 spiro atoms. The fraction of sp³-hybridized carbons (Fsp3) is 0.706. The topological polar surface area (TPSA) is 68.5 Å². The number of carbonyl (C=O) groups is 1. The molecule has 6 nitrogen and oxygen atoms in total. The fourth-order valence-corrected chi connectivity index (χ4v) is 3.72. The Hall–Kier alpha value is -1.69. The maximum absolute atomic E-state index is 11.6. The van der Waals surface area contributed by atoms with Crippen LogP contribution >= 0.6 is 0 Å². The predicted molar refractivity (Wildman–Crippen MR) is 84.7 cm³/mol. The van der Waals surface area contributed by atoms with Crippen LogP contribution in [0.25, 0.3) is 0 Å². The van der Waals surface area contributed by atoms with Gasteiger partial charge in [-0.25, -0.2) is 0 Å². The van der Waals surface area contributed by atoms with Gasteiger partial charge in [-0.2, -0.15) is 4.98 Å². The lowest BCUT2D eigenvalue weighted by atomic mass is 9.93. The lowest BCUT2D eigenvalue weighted by Crippen LogP contribution is -2.37. The molecule has 23 heavy (non-hydrogen) atoms. The third kappa shape index (κ3) is 3.32. The molecular weight excluding hydrogens is 294 g/mol. The van der Waals surface area contributed by atoms with E-state index in [1.54, 1.807) is 7.11 Å². The minimum absolute atomic E-state index is 0.0202. The summed E-state index contributed by atoms with van der Waals surface area (Å²) in [6, 6.07) is 0. The normalized spacial score (nSPS) is 21.5. The van der Waals surface area contributed by atoms with Crippen molar-refractivity contribution in [1.29, 1.82) is 0 Å². The van der Waals surface area contributed by atoms with E-state index in [-0.39, 0.29) is 11.5 Å². The maximum Gasteiger partial charge on any atom is 0.245 e. The van der Waals surface area contributed by atoms with Crippen LogP contribution in [-0.2, 0) is 21.6 Å². The van der Waals surface area contributed by atoms with Gasteiger partial charge in [0.25, 0.3) is 0 Å². The molecule has 1 amide bonds. The van der Waals surface area contributed by atoms with E-state index in [0.29, 0.717) is 17.6 Å². The largest absolute Gasteiger partial charge is 0.370 e. The van der Waals surface area contributed by atoms with Crippen LogP contribution in [0.3, 0.4) is 0 Å². The van der Waals surface area contributed by atoms with Crippen LogP contribution in [-0.4, -0.2) is 41.1 Å². The number of hydrogen-bond acceptors (Lipinski definition) is 5. The van der Waals surface area contributed by atoms with E-state index in [4.69, 9.17) is 9.26 Å². The Morgan fingerprint density at radius 1 is 1.43 bits per heavy atom. The van der Waals surface area contributed by atoms with Crippen molar-refractivity contribution >= 4 is 5.91 Å². The number of carbonyl (C=O) groups excluding carboxylic acids is 1. The molecule has 126 valence electrons. The molecule has 2 heterocycles. The van der Waals surface area contributed by atoms with Gasteiger partial charge in [-0.1, -0.05) is 11.7 Å². The first-order valence-electron chi connectivity index (χ1n) is 8.46. The van der Waals surface area contributed by atoms with Crippen LogP contribution in [0, 0.1) is 5.92 Å². The van der Waals surface area contributed by atoms with Gasteiger partial charge in [0.05, 0.1) is 0 Å². The summed E-state index contributed by atoms with van der Waals surface area (Å²) in [5.74, 6) is 1.90. The number of aromatic nitrogens is 2. The third-order valence-electron chi connectivity index (χ3n) is 5.24. The molecule has 0 atom stereocenters. The SMILES string of the molecule is C=CC(=O)N1CCC(Cc2nc(C3(OC)CCCC3)no2)CC1. The Balaban J connectivity index is 1.58. The van der Waals surface area contributed by atoms with E-state index >= 15 is 0 Å². The van der Waals surface area contributed by atoms with E-state index in [1.165, 1.54) is 6.08 Å². The van der Waals surface area contributed by atoms with E-state index in [1.807, 2.05) is 4.90 Å². The average Bonchev–Trinajstić information content (AvgIpc) is 3.24. The van der Waals surface area contributed by atoms with Crippen LogP contribution in [0.2, 0.25) is 0 Å². The fourth-order valence-electron chi connectivity index (χ4n) is 3.72. The second kappa shape index (κ2) is 6.83. The second-order valence-electron chi connectivity index (χ2n) is 6.59. The van der Waals surface area contributed by atoms with Crippen molar-refractivity contribution in [2.75, 3.05) is 20.2 Å². The highest BCUT2D eigenvalue weighted by Crippen LogP contribution is 2.40. The summed E-state index contributed by atoms with van der Waals surface area (Å²) in [6.07, 6.45) is 8.31. The van der Waals surface area contributed by atoms with E-state index < -0.39 is 0 Å². The summed E-state index contributed by atoms with van der Waals surface area (Å²) in [5, 5.41) is 4.17. The molecule has 1 saturated carbocycles. The Labute approximate surface area is 136 Å². The van der Waals surface area contributed by atoms with E-state index in [9.17, 15) is 4.79 Å². The van der Waals surface area contributed by atoms with Crippen LogP contribution in [0.4, 0.5) is 0 Å². The van der Waals surface area contributed by atoms with Gasteiger partial charge < -0.3 is 14.2 Å². The zero-order valence-corrected chi connectivity index (χ0v) is 13.8. The molecule has 1 aromatic rings. The van der Waals surface area contributed by atoms with Crippen molar-refractivity contribution in [3.63, 3.8) is 0 Å². The van der Waals surface area contributed by atoms with Crippen molar-refractivity contribution in [3.05, 3.63) is 24.4 Å². The van der Waals surface area contributed by atoms with E-state index in [0.717, 1.165) is 58.0 Å². The highest BCUT2D eigenvalue weighted by Gasteiger charge is 2.40. The first-order chi connectivity index (χ1) is 11.2. The predicted octanol–water partition coefficient (Wildman–Crippen LogP) is 2.45. The van der Waals surface area contributed by atoms with Crippen molar-refractivity contribution in [3.8, 4) is 0 Å². The second-order valence-corrected chi connectivity index (χ2v) is 6.59. The molecule has 0 N–H and O–H groups in total. The zero-order valence-electron chi connectivity index (χ0n) is 13.8. The number of hydrogen-bond donors (Lipinski definition) is 0. The molecule has 1 aliphatic carbocycles. The van der Waals surface area contributed by atoms with Crippen LogP contribution in [0.15, 0.2) is 17.2 Å². The molecule has 0 bridgehead atoms. The minimum Gasteiger partial charge on any atom is -0.370 e. The lowest BCUT2D eigenvalue weighted by molar-refractivity contribution is -0.127. The average molecular weight is 319 g/mol. The molecule has 1 saturated heterocycles. The number of likely N-dealkylation sites (tertiary alicyclic amines) is 1. The molecule has 0 unspecified atom stereocenters.